The normalized spacial score (nSPS) is 15.1. The van der Waals surface area contributed by atoms with Crippen LogP contribution >= 0.6 is 0 Å². The van der Waals surface area contributed by atoms with Crippen LogP contribution in [0, 0.1) is 0 Å². The summed E-state index contributed by atoms with van der Waals surface area (Å²) in [5, 5.41) is 12.3. The quantitative estimate of drug-likeness (QED) is 0.847. The SMILES string of the molecule is Oc1ccc(-c2ncc(OC3CNC3)cn2)cc1. The summed E-state index contributed by atoms with van der Waals surface area (Å²) in [5.41, 5.74) is 0.865. The van der Waals surface area contributed by atoms with Crippen molar-refractivity contribution in [2.24, 2.45) is 0 Å². The lowest BCUT2D eigenvalue weighted by Crippen LogP contribution is -2.50. The van der Waals surface area contributed by atoms with E-state index in [1.54, 1.807) is 36.7 Å². The van der Waals surface area contributed by atoms with E-state index >= 15 is 0 Å². The number of nitrogens with zero attached hydrogens (tertiary/aromatic N) is 2. The third-order valence-electron chi connectivity index (χ3n) is 2.80. The summed E-state index contributed by atoms with van der Waals surface area (Å²) in [6, 6.07) is 6.79. The molecule has 5 heteroatoms. The molecule has 1 aromatic carbocycles. The van der Waals surface area contributed by atoms with Gasteiger partial charge in [-0.3, -0.25) is 0 Å². The molecule has 0 amide bonds. The van der Waals surface area contributed by atoms with Crippen molar-refractivity contribution in [3.8, 4) is 22.9 Å². The molecule has 0 radical (unpaired) electrons. The fourth-order valence-corrected chi connectivity index (χ4v) is 1.67. The highest BCUT2D eigenvalue weighted by Crippen LogP contribution is 2.19. The van der Waals surface area contributed by atoms with Gasteiger partial charge in [0.15, 0.2) is 11.6 Å². The molecule has 5 nitrogen and oxygen atoms in total. The summed E-state index contributed by atoms with van der Waals surface area (Å²) < 4.78 is 5.63. The van der Waals surface area contributed by atoms with Crippen LogP contribution < -0.4 is 10.1 Å². The summed E-state index contributed by atoms with van der Waals surface area (Å²) >= 11 is 0. The van der Waals surface area contributed by atoms with Crippen LogP contribution in [0.5, 0.6) is 11.5 Å². The van der Waals surface area contributed by atoms with Crippen LogP contribution in [0.25, 0.3) is 11.4 Å². The molecule has 0 aliphatic carbocycles. The zero-order valence-corrected chi connectivity index (χ0v) is 9.71. The minimum atomic E-state index is 0.230. The summed E-state index contributed by atoms with van der Waals surface area (Å²) in [5.74, 6) is 1.54. The first-order valence-corrected chi connectivity index (χ1v) is 5.80. The molecule has 3 rings (SSSR count). The Morgan fingerprint density at radius 3 is 2.33 bits per heavy atom. The number of phenols is 1. The number of rotatable bonds is 3. The molecule has 0 spiro atoms. The van der Waals surface area contributed by atoms with Gasteiger partial charge in [0.2, 0.25) is 0 Å². The van der Waals surface area contributed by atoms with E-state index in [0.717, 1.165) is 18.7 Å². The van der Waals surface area contributed by atoms with Crippen LogP contribution in [-0.4, -0.2) is 34.3 Å². The van der Waals surface area contributed by atoms with Gasteiger partial charge in [-0.05, 0) is 24.3 Å². The second-order valence-corrected chi connectivity index (χ2v) is 4.19. The van der Waals surface area contributed by atoms with Gasteiger partial charge in [-0.15, -0.1) is 0 Å². The molecule has 2 heterocycles. The molecule has 1 aromatic heterocycles. The zero-order chi connectivity index (χ0) is 12.4. The first kappa shape index (κ1) is 11.0. The van der Waals surface area contributed by atoms with E-state index in [2.05, 4.69) is 15.3 Å². The van der Waals surface area contributed by atoms with E-state index in [1.807, 2.05) is 0 Å². The lowest BCUT2D eigenvalue weighted by molar-refractivity contribution is 0.141. The fourth-order valence-electron chi connectivity index (χ4n) is 1.67. The maximum absolute atomic E-state index is 9.21. The Bertz CT molecular complexity index is 521. The van der Waals surface area contributed by atoms with Crippen molar-refractivity contribution in [1.29, 1.82) is 0 Å². The molecule has 0 saturated carbocycles. The Labute approximate surface area is 104 Å². The smallest absolute Gasteiger partial charge is 0.159 e. The first-order valence-electron chi connectivity index (χ1n) is 5.80. The molecule has 1 aliphatic rings. The molecule has 2 N–H and O–H groups in total. The van der Waals surface area contributed by atoms with Crippen molar-refractivity contribution in [3.63, 3.8) is 0 Å². The summed E-state index contributed by atoms with van der Waals surface area (Å²) in [4.78, 5) is 8.50. The highest BCUT2D eigenvalue weighted by Gasteiger charge is 2.18. The van der Waals surface area contributed by atoms with Crippen molar-refractivity contribution >= 4 is 0 Å². The summed E-state index contributed by atoms with van der Waals surface area (Å²) in [6.45, 7) is 1.75. The van der Waals surface area contributed by atoms with E-state index in [0.29, 0.717) is 11.6 Å². The molecular formula is C13H13N3O2. The van der Waals surface area contributed by atoms with Gasteiger partial charge in [-0.25, -0.2) is 9.97 Å². The van der Waals surface area contributed by atoms with Crippen LogP contribution in [0.4, 0.5) is 0 Å². The van der Waals surface area contributed by atoms with E-state index in [9.17, 15) is 5.11 Å². The van der Waals surface area contributed by atoms with E-state index in [1.165, 1.54) is 0 Å². The minimum Gasteiger partial charge on any atom is -0.508 e. The number of benzene rings is 1. The Hall–Kier alpha value is -2.14. The molecule has 1 fully saturated rings. The summed E-state index contributed by atoms with van der Waals surface area (Å²) in [7, 11) is 0. The lowest BCUT2D eigenvalue weighted by Gasteiger charge is -2.27. The van der Waals surface area contributed by atoms with E-state index in [-0.39, 0.29) is 11.9 Å². The van der Waals surface area contributed by atoms with Gasteiger partial charge in [-0.1, -0.05) is 0 Å². The lowest BCUT2D eigenvalue weighted by atomic mass is 10.2. The molecule has 18 heavy (non-hydrogen) atoms. The number of phenolic OH excluding ortho intramolecular Hbond substituents is 1. The zero-order valence-electron chi connectivity index (χ0n) is 9.71. The van der Waals surface area contributed by atoms with Crippen LogP contribution in [-0.2, 0) is 0 Å². The van der Waals surface area contributed by atoms with Crippen LogP contribution in [0.2, 0.25) is 0 Å². The number of hydrogen-bond donors (Lipinski definition) is 2. The number of nitrogens with one attached hydrogen (secondary N) is 1. The topological polar surface area (TPSA) is 67.3 Å². The monoisotopic (exact) mass is 243 g/mol. The van der Waals surface area contributed by atoms with Crippen molar-refractivity contribution in [2.75, 3.05) is 13.1 Å². The molecule has 2 aromatic rings. The Morgan fingerprint density at radius 2 is 1.78 bits per heavy atom. The highest BCUT2D eigenvalue weighted by atomic mass is 16.5. The average molecular weight is 243 g/mol. The predicted octanol–water partition coefficient (Wildman–Crippen LogP) is 1.20. The molecule has 92 valence electrons. The predicted molar refractivity (Wildman–Crippen MR) is 66.4 cm³/mol. The third-order valence-corrected chi connectivity index (χ3v) is 2.80. The van der Waals surface area contributed by atoms with Gasteiger partial charge < -0.3 is 15.2 Å². The molecule has 1 aliphatic heterocycles. The van der Waals surface area contributed by atoms with Crippen LogP contribution in [0.15, 0.2) is 36.7 Å². The Morgan fingerprint density at radius 1 is 1.11 bits per heavy atom. The Kier molecular flexibility index (Phi) is 2.82. The molecule has 0 atom stereocenters. The molecule has 1 saturated heterocycles. The van der Waals surface area contributed by atoms with Gasteiger partial charge in [0.25, 0.3) is 0 Å². The number of aromatic hydroxyl groups is 1. The Balaban J connectivity index is 1.75. The van der Waals surface area contributed by atoms with Crippen LogP contribution in [0.1, 0.15) is 0 Å². The van der Waals surface area contributed by atoms with Gasteiger partial charge >= 0.3 is 0 Å². The average Bonchev–Trinajstić information content (AvgIpc) is 2.36. The van der Waals surface area contributed by atoms with Gasteiger partial charge in [0.1, 0.15) is 11.9 Å². The third kappa shape index (κ3) is 2.26. The van der Waals surface area contributed by atoms with Crippen molar-refractivity contribution in [1.82, 2.24) is 15.3 Å². The van der Waals surface area contributed by atoms with Crippen molar-refractivity contribution in [3.05, 3.63) is 36.7 Å². The molecule has 0 bridgehead atoms. The van der Waals surface area contributed by atoms with Gasteiger partial charge in [0.05, 0.1) is 12.4 Å². The molecule has 0 unspecified atom stereocenters. The second kappa shape index (κ2) is 4.62. The second-order valence-electron chi connectivity index (χ2n) is 4.19. The van der Waals surface area contributed by atoms with Gasteiger partial charge in [-0.2, -0.15) is 0 Å². The van der Waals surface area contributed by atoms with Crippen molar-refractivity contribution < 1.29 is 9.84 Å². The minimum absolute atomic E-state index is 0.230. The van der Waals surface area contributed by atoms with Crippen molar-refractivity contribution in [2.45, 2.75) is 6.10 Å². The van der Waals surface area contributed by atoms with Gasteiger partial charge in [0, 0.05) is 18.7 Å². The maximum Gasteiger partial charge on any atom is 0.159 e. The van der Waals surface area contributed by atoms with E-state index in [4.69, 9.17) is 4.74 Å². The van der Waals surface area contributed by atoms with E-state index < -0.39 is 0 Å². The van der Waals surface area contributed by atoms with Crippen LogP contribution in [0.3, 0.4) is 0 Å². The number of ether oxygens (including phenoxy) is 1. The maximum atomic E-state index is 9.21. The summed E-state index contributed by atoms with van der Waals surface area (Å²) in [6.07, 6.45) is 3.58. The molecular weight excluding hydrogens is 230 g/mol. The standard InChI is InChI=1S/C13H13N3O2/c17-10-3-1-9(2-4-10)13-15-7-12(8-16-13)18-11-5-14-6-11/h1-4,7-8,11,14,17H,5-6H2. The highest BCUT2D eigenvalue weighted by molar-refractivity contribution is 5.55. The first-order chi connectivity index (χ1) is 8.81. The number of hydrogen-bond acceptors (Lipinski definition) is 5. The largest absolute Gasteiger partial charge is 0.508 e. The number of aromatic nitrogens is 2. The fraction of sp³-hybridized carbons (Fsp3) is 0.231.